The second-order valence-electron chi connectivity index (χ2n) is 9.66. The summed E-state index contributed by atoms with van der Waals surface area (Å²) in [5, 5.41) is 10.6. The van der Waals surface area contributed by atoms with E-state index in [0.717, 1.165) is 32.4 Å². The highest BCUT2D eigenvalue weighted by atomic mass is 79.9. The summed E-state index contributed by atoms with van der Waals surface area (Å²) < 4.78 is 27.0. The zero-order chi connectivity index (χ0) is 26.6. The summed E-state index contributed by atoms with van der Waals surface area (Å²) >= 11 is 4.77. The monoisotopic (exact) mass is 590 g/mol. The van der Waals surface area contributed by atoms with Crippen LogP contribution in [0.25, 0.3) is 22.4 Å². The highest BCUT2D eigenvalue weighted by molar-refractivity contribution is 9.10. The number of nitrogens with zero attached hydrogens (tertiary/aromatic N) is 2. The molecule has 7 heteroatoms. The summed E-state index contributed by atoms with van der Waals surface area (Å²) in [6.45, 7) is 6.29. The fourth-order valence-corrected chi connectivity index (χ4v) is 6.79. The van der Waals surface area contributed by atoms with Crippen molar-refractivity contribution in [3.05, 3.63) is 101 Å². The van der Waals surface area contributed by atoms with Crippen LogP contribution in [0.5, 0.6) is 0 Å². The molecule has 1 aromatic heterocycles. The van der Waals surface area contributed by atoms with E-state index in [1.165, 1.54) is 11.8 Å². The molecule has 0 saturated carbocycles. The molecule has 0 spiro atoms. The standard InChI is InChI=1S/C30H27BrN2O2S2/c1-30(2,3)23-11-15-25(16-12-23)37(34,35)18-17-36-29-27(20-32)26(21-7-5-4-6-8-21)19-28(33-29)22-9-13-24(31)14-10-22/h4-16,19H,17-18H2,1-3H3. The van der Waals surface area contributed by atoms with Crippen LogP contribution >= 0.6 is 27.7 Å². The van der Waals surface area contributed by atoms with E-state index in [1.54, 1.807) is 12.1 Å². The van der Waals surface area contributed by atoms with E-state index in [1.807, 2.05) is 72.8 Å². The topological polar surface area (TPSA) is 70.8 Å². The van der Waals surface area contributed by atoms with E-state index in [-0.39, 0.29) is 16.9 Å². The SMILES string of the molecule is CC(C)(C)c1ccc(S(=O)(=O)CCSc2nc(-c3ccc(Br)cc3)cc(-c3ccccc3)c2C#N)cc1. The van der Waals surface area contributed by atoms with Crippen LogP contribution in [-0.2, 0) is 15.3 Å². The van der Waals surface area contributed by atoms with Crippen LogP contribution in [0, 0.1) is 11.3 Å². The van der Waals surface area contributed by atoms with E-state index < -0.39 is 9.84 Å². The maximum absolute atomic E-state index is 13.0. The molecule has 0 unspecified atom stereocenters. The Hall–Kier alpha value is -2.92. The minimum Gasteiger partial charge on any atom is -0.240 e. The Labute approximate surface area is 231 Å². The number of aromatic nitrogens is 1. The first-order valence-electron chi connectivity index (χ1n) is 11.8. The molecule has 0 amide bonds. The van der Waals surface area contributed by atoms with E-state index in [0.29, 0.717) is 15.5 Å². The summed E-state index contributed by atoms with van der Waals surface area (Å²) in [6, 6.07) is 28.9. The number of rotatable bonds is 7. The molecule has 0 atom stereocenters. The van der Waals surface area contributed by atoms with Crippen molar-refractivity contribution < 1.29 is 8.42 Å². The number of hydrogen-bond donors (Lipinski definition) is 0. The van der Waals surface area contributed by atoms with Gasteiger partial charge in [0.25, 0.3) is 0 Å². The number of pyridine rings is 1. The quantitative estimate of drug-likeness (QED) is 0.204. The van der Waals surface area contributed by atoms with Crippen LogP contribution in [-0.4, -0.2) is 24.9 Å². The Morgan fingerprint density at radius 3 is 2.16 bits per heavy atom. The van der Waals surface area contributed by atoms with Gasteiger partial charge in [0.05, 0.1) is 21.9 Å². The maximum atomic E-state index is 13.0. The summed E-state index contributed by atoms with van der Waals surface area (Å²) in [5.74, 6) is 0.227. The number of hydrogen-bond acceptors (Lipinski definition) is 5. The minimum atomic E-state index is -3.48. The van der Waals surface area contributed by atoms with Gasteiger partial charge < -0.3 is 0 Å². The lowest BCUT2D eigenvalue weighted by atomic mass is 9.87. The van der Waals surface area contributed by atoms with Gasteiger partial charge in [0.2, 0.25) is 0 Å². The molecule has 0 radical (unpaired) electrons. The molecule has 0 aliphatic heterocycles. The first kappa shape index (κ1) is 27.1. The lowest BCUT2D eigenvalue weighted by Gasteiger charge is -2.19. The van der Waals surface area contributed by atoms with Gasteiger partial charge in [-0.3, -0.25) is 0 Å². The predicted molar refractivity (Wildman–Crippen MR) is 155 cm³/mol. The number of thioether (sulfide) groups is 1. The molecule has 4 rings (SSSR count). The van der Waals surface area contributed by atoms with Crippen molar-refractivity contribution in [2.75, 3.05) is 11.5 Å². The highest BCUT2D eigenvalue weighted by Gasteiger charge is 2.20. The van der Waals surface area contributed by atoms with Gasteiger partial charge in [-0.1, -0.05) is 91.3 Å². The molecule has 1 heterocycles. The van der Waals surface area contributed by atoms with Gasteiger partial charge in [-0.05, 0) is 46.9 Å². The van der Waals surface area contributed by atoms with Gasteiger partial charge in [-0.15, -0.1) is 11.8 Å². The Balaban J connectivity index is 1.64. The molecule has 0 aliphatic carbocycles. The van der Waals surface area contributed by atoms with E-state index in [2.05, 4.69) is 42.8 Å². The van der Waals surface area contributed by atoms with E-state index in [9.17, 15) is 13.7 Å². The van der Waals surface area contributed by atoms with Crippen molar-refractivity contribution in [1.29, 1.82) is 5.26 Å². The number of nitriles is 1. The van der Waals surface area contributed by atoms with Crippen LogP contribution in [0.2, 0.25) is 0 Å². The fraction of sp³-hybridized carbons (Fsp3) is 0.200. The third-order valence-electron chi connectivity index (χ3n) is 5.99. The Bertz CT molecular complexity index is 1540. The zero-order valence-electron chi connectivity index (χ0n) is 20.9. The molecule has 188 valence electrons. The number of benzene rings is 3. The third-order valence-corrected chi connectivity index (χ3v) is 9.49. The van der Waals surface area contributed by atoms with Gasteiger partial charge >= 0.3 is 0 Å². The Kier molecular flexibility index (Phi) is 8.23. The molecular formula is C30H27BrN2O2S2. The largest absolute Gasteiger partial charge is 0.240 e. The predicted octanol–water partition coefficient (Wildman–Crippen LogP) is 7.91. The Morgan fingerprint density at radius 2 is 1.57 bits per heavy atom. The van der Waals surface area contributed by atoms with Crippen molar-refractivity contribution in [3.63, 3.8) is 0 Å². The summed E-state index contributed by atoms with van der Waals surface area (Å²) in [6.07, 6.45) is 0. The van der Waals surface area contributed by atoms with Gasteiger partial charge in [0.15, 0.2) is 9.84 Å². The number of halogens is 1. The lowest BCUT2D eigenvalue weighted by molar-refractivity contribution is 0.586. The van der Waals surface area contributed by atoms with Crippen LogP contribution in [0.15, 0.2) is 99.3 Å². The van der Waals surface area contributed by atoms with Crippen LogP contribution in [0.1, 0.15) is 31.9 Å². The van der Waals surface area contributed by atoms with Crippen LogP contribution in [0.3, 0.4) is 0 Å². The van der Waals surface area contributed by atoms with Crippen molar-refractivity contribution in [2.45, 2.75) is 36.1 Å². The molecule has 4 aromatic rings. The van der Waals surface area contributed by atoms with Crippen LogP contribution < -0.4 is 0 Å². The molecule has 0 fully saturated rings. The lowest BCUT2D eigenvalue weighted by Crippen LogP contribution is -2.13. The fourth-order valence-electron chi connectivity index (χ4n) is 3.88. The third kappa shape index (κ3) is 6.51. The Morgan fingerprint density at radius 1 is 0.919 bits per heavy atom. The van der Waals surface area contributed by atoms with Crippen molar-refractivity contribution >= 4 is 37.5 Å². The minimum absolute atomic E-state index is 0.0478. The molecule has 0 aliphatic rings. The average Bonchev–Trinajstić information content (AvgIpc) is 2.88. The van der Waals surface area contributed by atoms with Crippen LogP contribution in [0.4, 0.5) is 0 Å². The van der Waals surface area contributed by atoms with Gasteiger partial charge in [-0.25, -0.2) is 13.4 Å². The second kappa shape index (κ2) is 11.2. The van der Waals surface area contributed by atoms with Gasteiger partial charge in [0, 0.05) is 21.4 Å². The summed E-state index contributed by atoms with van der Waals surface area (Å²) in [4.78, 5) is 5.10. The molecule has 0 bridgehead atoms. The average molecular weight is 592 g/mol. The maximum Gasteiger partial charge on any atom is 0.179 e. The van der Waals surface area contributed by atoms with Crippen molar-refractivity contribution in [3.8, 4) is 28.5 Å². The second-order valence-corrected chi connectivity index (χ2v) is 13.8. The first-order valence-corrected chi connectivity index (χ1v) is 15.2. The first-order chi connectivity index (χ1) is 17.6. The van der Waals surface area contributed by atoms with Gasteiger partial charge in [-0.2, -0.15) is 5.26 Å². The molecule has 4 nitrogen and oxygen atoms in total. The molecule has 0 N–H and O–H groups in total. The smallest absolute Gasteiger partial charge is 0.179 e. The van der Waals surface area contributed by atoms with Crippen molar-refractivity contribution in [2.24, 2.45) is 0 Å². The van der Waals surface area contributed by atoms with E-state index in [4.69, 9.17) is 4.98 Å². The van der Waals surface area contributed by atoms with Gasteiger partial charge in [0.1, 0.15) is 11.1 Å². The molecule has 3 aromatic carbocycles. The summed E-state index contributed by atoms with van der Waals surface area (Å²) in [7, 11) is -3.48. The molecule has 0 saturated heterocycles. The van der Waals surface area contributed by atoms with Crippen molar-refractivity contribution in [1.82, 2.24) is 4.98 Å². The molecule has 37 heavy (non-hydrogen) atoms. The highest BCUT2D eigenvalue weighted by Crippen LogP contribution is 2.35. The summed E-state index contributed by atoms with van der Waals surface area (Å²) in [5.41, 5.74) is 4.82. The number of sulfone groups is 1. The molecular weight excluding hydrogens is 564 g/mol. The van der Waals surface area contributed by atoms with E-state index >= 15 is 0 Å². The zero-order valence-corrected chi connectivity index (χ0v) is 24.1. The normalized spacial score (nSPS) is 11.8.